The number of guanidine groups is 1. The summed E-state index contributed by atoms with van der Waals surface area (Å²) in [5, 5.41) is 2.88. The molecule has 0 saturated carbocycles. The van der Waals surface area contributed by atoms with Crippen molar-refractivity contribution >= 4 is 5.96 Å². The molecule has 0 radical (unpaired) electrons. The van der Waals surface area contributed by atoms with Gasteiger partial charge in [0.15, 0.2) is 5.96 Å². The highest BCUT2D eigenvalue weighted by Gasteiger charge is 2.49. The van der Waals surface area contributed by atoms with E-state index in [9.17, 15) is 0 Å². The van der Waals surface area contributed by atoms with Crippen molar-refractivity contribution in [2.45, 2.75) is 57.3 Å². The molecule has 0 bridgehead atoms. The molecule has 0 amide bonds. The predicted octanol–water partition coefficient (Wildman–Crippen LogP) is 0.972. The van der Waals surface area contributed by atoms with Gasteiger partial charge in [0.2, 0.25) is 0 Å². The molecule has 1 atom stereocenters. The Balaban J connectivity index is 2.32. The van der Waals surface area contributed by atoms with Crippen molar-refractivity contribution < 1.29 is 0 Å². The highest BCUT2D eigenvalue weighted by Crippen LogP contribution is 2.44. The maximum Gasteiger partial charge on any atom is 0.194 e. The van der Waals surface area contributed by atoms with Crippen molar-refractivity contribution in [1.29, 1.82) is 0 Å². The summed E-state index contributed by atoms with van der Waals surface area (Å²) in [7, 11) is 2.19. The largest absolute Gasteiger partial charge is 0.370 e. The summed E-state index contributed by atoms with van der Waals surface area (Å²) in [6.07, 6.45) is 5.75. The highest BCUT2D eigenvalue weighted by atomic mass is 15.3. The Morgan fingerprint density at radius 1 is 1.26 bits per heavy atom. The van der Waals surface area contributed by atoms with Gasteiger partial charge in [-0.3, -0.25) is 4.90 Å². The Morgan fingerprint density at radius 3 is 2.26 bits per heavy atom. The zero-order chi connectivity index (χ0) is 14.5. The third kappa shape index (κ3) is 2.49. The minimum Gasteiger partial charge on any atom is -0.370 e. The molecule has 2 heterocycles. The van der Waals surface area contributed by atoms with Crippen LogP contribution in [0.25, 0.3) is 0 Å². The van der Waals surface area contributed by atoms with Crippen LogP contribution < -0.4 is 16.8 Å². The lowest BCUT2D eigenvalue weighted by molar-refractivity contribution is -0.0428. The topological polar surface area (TPSA) is 79.7 Å². The molecule has 1 fully saturated rings. The van der Waals surface area contributed by atoms with Gasteiger partial charge in [-0.2, -0.15) is 0 Å². The lowest BCUT2D eigenvalue weighted by atomic mass is 9.69. The summed E-state index contributed by atoms with van der Waals surface area (Å²) in [4.78, 5) is 6.89. The first kappa shape index (κ1) is 14.3. The normalized spacial score (nSPS) is 34.7. The Bertz CT molecular complexity index is 406. The van der Waals surface area contributed by atoms with E-state index in [2.05, 4.69) is 50.0 Å². The molecule has 2 aliphatic rings. The van der Waals surface area contributed by atoms with E-state index in [-0.39, 0.29) is 17.0 Å². The summed E-state index contributed by atoms with van der Waals surface area (Å²) < 4.78 is 0. The number of hydrogen-bond donors (Lipinski definition) is 3. The number of nitrogens with one attached hydrogen (secondary N) is 1. The van der Waals surface area contributed by atoms with E-state index in [1.807, 2.05) is 6.08 Å². The summed E-state index contributed by atoms with van der Waals surface area (Å²) in [5.74, 6) is 0.685. The van der Waals surface area contributed by atoms with E-state index in [1.54, 1.807) is 6.20 Å². The van der Waals surface area contributed by atoms with Gasteiger partial charge in [-0.15, -0.1) is 0 Å². The van der Waals surface area contributed by atoms with Crippen LogP contribution in [0.1, 0.15) is 40.5 Å². The lowest BCUT2D eigenvalue weighted by Gasteiger charge is -2.56. The molecule has 5 heteroatoms. The molecular weight excluding hydrogens is 238 g/mol. The molecule has 1 saturated heterocycles. The van der Waals surface area contributed by atoms with Crippen LogP contribution in [0.3, 0.4) is 0 Å². The van der Waals surface area contributed by atoms with Gasteiger partial charge in [0.25, 0.3) is 0 Å². The maximum absolute atomic E-state index is 6.50. The highest BCUT2D eigenvalue weighted by molar-refractivity contribution is 5.80. The molecule has 5 nitrogen and oxygen atoms in total. The fourth-order valence-corrected chi connectivity index (χ4v) is 3.46. The SMILES string of the molecule is CN1C(C)(C)CC(C2(N)C=CNC(N)=N2)CC1(C)C. The number of piperidine rings is 1. The second-order valence-electron chi connectivity index (χ2n) is 7.15. The Kier molecular flexibility index (Phi) is 3.18. The number of nitrogens with two attached hydrogens (primary N) is 2. The quantitative estimate of drug-likeness (QED) is 0.660. The minimum absolute atomic E-state index is 0.0990. The molecule has 1 unspecified atom stereocenters. The van der Waals surface area contributed by atoms with Gasteiger partial charge in [-0.05, 0) is 53.7 Å². The van der Waals surface area contributed by atoms with Gasteiger partial charge in [-0.25, -0.2) is 4.99 Å². The van der Waals surface area contributed by atoms with Crippen LogP contribution in [-0.2, 0) is 0 Å². The summed E-state index contributed by atoms with van der Waals surface area (Å²) in [5.41, 5.74) is 11.8. The monoisotopic (exact) mass is 265 g/mol. The number of aliphatic imine (C=N–C) groups is 1. The number of rotatable bonds is 1. The van der Waals surface area contributed by atoms with E-state index in [1.165, 1.54) is 0 Å². The van der Waals surface area contributed by atoms with Crippen molar-refractivity contribution in [3.05, 3.63) is 12.3 Å². The zero-order valence-electron chi connectivity index (χ0n) is 12.7. The van der Waals surface area contributed by atoms with Crippen molar-refractivity contribution in [2.24, 2.45) is 22.4 Å². The molecule has 19 heavy (non-hydrogen) atoms. The van der Waals surface area contributed by atoms with Crippen LogP contribution in [-0.4, -0.2) is 34.6 Å². The fraction of sp³-hybridized carbons (Fsp3) is 0.786. The Hall–Kier alpha value is -1.07. The number of likely N-dealkylation sites (tertiary alicyclic amines) is 1. The second-order valence-corrected chi connectivity index (χ2v) is 7.15. The van der Waals surface area contributed by atoms with Crippen molar-refractivity contribution in [3.63, 3.8) is 0 Å². The average molecular weight is 265 g/mol. The van der Waals surface area contributed by atoms with Crippen LogP contribution in [0.15, 0.2) is 17.3 Å². The standard InChI is InChI=1S/C14H27N5/c1-12(2)8-10(9-13(3,4)19(12)5)14(16)6-7-17-11(15)18-14/h6-7,10H,8-9,16H2,1-5H3,(H3,15,17,18). The van der Waals surface area contributed by atoms with Crippen molar-refractivity contribution in [2.75, 3.05) is 7.05 Å². The molecule has 0 aromatic rings. The van der Waals surface area contributed by atoms with Crippen LogP contribution in [0.4, 0.5) is 0 Å². The second kappa shape index (κ2) is 4.21. The van der Waals surface area contributed by atoms with Crippen LogP contribution in [0, 0.1) is 5.92 Å². The van der Waals surface area contributed by atoms with Crippen LogP contribution in [0.5, 0.6) is 0 Å². The first-order valence-corrected chi connectivity index (χ1v) is 6.89. The van der Waals surface area contributed by atoms with Gasteiger partial charge in [0, 0.05) is 23.2 Å². The molecule has 0 aliphatic carbocycles. The van der Waals surface area contributed by atoms with E-state index >= 15 is 0 Å². The first-order valence-electron chi connectivity index (χ1n) is 6.89. The molecular formula is C14H27N5. The van der Waals surface area contributed by atoms with Gasteiger partial charge in [0.05, 0.1) is 0 Å². The summed E-state index contributed by atoms with van der Waals surface area (Å²) in [6, 6.07) is 0. The molecule has 5 N–H and O–H groups in total. The lowest BCUT2D eigenvalue weighted by Crippen LogP contribution is -2.63. The fourth-order valence-electron chi connectivity index (χ4n) is 3.46. The molecule has 2 aliphatic heterocycles. The first-order chi connectivity index (χ1) is 8.57. The number of nitrogens with zero attached hydrogens (tertiary/aromatic N) is 2. The van der Waals surface area contributed by atoms with Crippen molar-refractivity contribution in [3.8, 4) is 0 Å². The Morgan fingerprint density at radius 2 is 1.79 bits per heavy atom. The smallest absolute Gasteiger partial charge is 0.194 e. The minimum atomic E-state index is -0.689. The average Bonchev–Trinajstić information content (AvgIpc) is 2.24. The third-order valence-corrected chi connectivity index (χ3v) is 4.86. The van der Waals surface area contributed by atoms with E-state index in [4.69, 9.17) is 11.5 Å². The Labute approximate surface area is 116 Å². The van der Waals surface area contributed by atoms with E-state index < -0.39 is 5.66 Å². The summed E-state index contributed by atoms with van der Waals surface area (Å²) >= 11 is 0. The molecule has 0 aromatic carbocycles. The maximum atomic E-state index is 6.50. The van der Waals surface area contributed by atoms with Crippen LogP contribution >= 0.6 is 0 Å². The van der Waals surface area contributed by atoms with Crippen molar-refractivity contribution in [1.82, 2.24) is 10.2 Å². The third-order valence-electron chi connectivity index (χ3n) is 4.86. The predicted molar refractivity (Wildman–Crippen MR) is 79.5 cm³/mol. The zero-order valence-corrected chi connectivity index (χ0v) is 12.7. The van der Waals surface area contributed by atoms with E-state index in [0.717, 1.165) is 12.8 Å². The van der Waals surface area contributed by atoms with Crippen LogP contribution in [0.2, 0.25) is 0 Å². The van der Waals surface area contributed by atoms with E-state index in [0.29, 0.717) is 5.96 Å². The summed E-state index contributed by atoms with van der Waals surface area (Å²) in [6.45, 7) is 9.06. The van der Waals surface area contributed by atoms with Gasteiger partial charge in [-0.1, -0.05) is 0 Å². The van der Waals surface area contributed by atoms with Gasteiger partial charge >= 0.3 is 0 Å². The number of hydrogen-bond acceptors (Lipinski definition) is 5. The van der Waals surface area contributed by atoms with Gasteiger partial charge < -0.3 is 16.8 Å². The van der Waals surface area contributed by atoms with Gasteiger partial charge in [0.1, 0.15) is 5.66 Å². The molecule has 108 valence electrons. The molecule has 2 rings (SSSR count). The molecule has 0 aromatic heterocycles. The molecule has 0 spiro atoms.